The minimum Gasteiger partial charge on any atom is -0.497 e. The highest BCUT2D eigenvalue weighted by molar-refractivity contribution is 5.85. The Kier molecular flexibility index (Phi) is 5.82. The molecule has 0 aromatic heterocycles. The van der Waals surface area contributed by atoms with E-state index in [4.69, 9.17) is 15.2 Å². The summed E-state index contributed by atoms with van der Waals surface area (Å²) < 4.78 is 10.5. The van der Waals surface area contributed by atoms with Crippen LogP contribution in [0, 0.1) is 0 Å². The molecule has 5 nitrogen and oxygen atoms in total. The molecule has 0 unspecified atom stereocenters. The van der Waals surface area contributed by atoms with E-state index in [1.165, 1.54) is 0 Å². The number of hydrogen-bond donors (Lipinski definition) is 2. The lowest BCUT2D eigenvalue weighted by Gasteiger charge is -2.25. The summed E-state index contributed by atoms with van der Waals surface area (Å²) in [5.41, 5.74) is 6.11. The Morgan fingerprint density at radius 1 is 1.25 bits per heavy atom. The summed E-state index contributed by atoms with van der Waals surface area (Å²) in [7, 11) is 3.20. The van der Waals surface area contributed by atoms with Crippen molar-refractivity contribution in [1.82, 2.24) is 5.32 Å². The van der Waals surface area contributed by atoms with Gasteiger partial charge in [-0.15, -0.1) is 0 Å². The fourth-order valence-electron chi connectivity index (χ4n) is 1.94. The van der Waals surface area contributed by atoms with E-state index in [1.807, 2.05) is 32.0 Å². The van der Waals surface area contributed by atoms with Gasteiger partial charge in [0.05, 0.1) is 19.8 Å². The molecule has 0 saturated heterocycles. The Morgan fingerprint density at radius 2 is 1.90 bits per heavy atom. The highest BCUT2D eigenvalue weighted by atomic mass is 16.5. The molecular weight excluding hydrogens is 256 g/mol. The van der Waals surface area contributed by atoms with Gasteiger partial charge in [-0.25, -0.2) is 0 Å². The molecule has 0 aliphatic heterocycles. The molecule has 0 atom stereocenters. The summed E-state index contributed by atoms with van der Waals surface area (Å²) in [5.74, 6) is 1.29. The predicted octanol–water partition coefficient (Wildman–Crippen LogP) is 1.84. The van der Waals surface area contributed by atoms with Crippen LogP contribution < -0.4 is 20.5 Å². The maximum Gasteiger partial charge on any atom is 0.240 e. The van der Waals surface area contributed by atoms with Gasteiger partial charge in [0.15, 0.2) is 0 Å². The van der Waals surface area contributed by atoms with Crippen molar-refractivity contribution in [2.24, 2.45) is 5.73 Å². The van der Waals surface area contributed by atoms with Crippen LogP contribution in [0.15, 0.2) is 18.2 Å². The van der Waals surface area contributed by atoms with E-state index in [0.29, 0.717) is 25.1 Å². The van der Waals surface area contributed by atoms with Crippen molar-refractivity contribution in [2.45, 2.75) is 38.8 Å². The van der Waals surface area contributed by atoms with Crippen molar-refractivity contribution in [1.29, 1.82) is 0 Å². The Hall–Kier alpha value is -1.75. The normalized spacial score (nSPS) is 11.1. The number of methoxy groups -OCH3 is 2. The van der Waals surface area contributed by atoms with Gasteiger partial charge in [-0.05, 0) is 31.0 Å². The van der Waals surface area contributed by atoms with Crippen LogP contribution >= 0.6 is 0 Å². The Labute approximate surface area is 120 Å². The lowest BCUT2D eigenvalue weighted by atomic mass is 9.93. The third-order valence-corrected chi connectivity index (χ3v) is 3.64. The average Bonchev–Trinajstić information content (AvgIpc) is 2.51. The molecule has 1 aromatic carbocycles. The van der Waals surface area contributed by atoms with Gasteiger partial charge in [-0.1, -0.05) is 13.8 Å². The largest absolute Gasteiger partial charge is 0.497 e. The third-order valence-electron chi connectivity index (χ3n) is 3.64. The minimum absolute atomic E-state index is 0.146. The van der Waals surface area contributed by atoms with Crippen LogP contribution in [0.2, 0.25) is 0 Å². The van der Waals surface area contributed by atoms with Gasteiger partial charge >= 0.3 is 0 Å². The standard InChI is InChI=1S/C15H24N2O3/c1-5-15(16,6-2)14(18)17-10-11-9-12(19-3)7-8-13(11)20-4/h7-9H,5-6,10,16H2,1-4H3,(H,17,18). The third kappa shape index (κ3) is 3.63. The molecule has 0 radical (unpaired) electrons. The Morgan fingerprint density at radius 3 is 2.40 bits per heavy atom. The molecule has 1 aromatic rings. The second-order valence-electron chi connectivity index (χ2n) is 4.72. The molecule has 0 aliphatic carbocycles. The van der Waals surface area contributed by atoms with E-state index in [9.17, 15) is 4.79 Å². The van der Waals surface area contributed by atoms with Crippen LogP contribution in [0.3, 0.4) is 0 Å². The first kappa shape index (κ1) is 16.3. The van der Waals surface area contributed by atoms with Crippen LogP contribution in [0.5, 0.6) is 11.5 Å². The van der Waals surface area contributed by atoms with E-state index in [0.717, 1.165) is 11.3 Å². The van der Waals surface area contributed by atoms with Crippen LogP contribution in [0.25, 0.3) is 0 Å². The summed E-state index contributed by atoms with van der Waals surface area (Å²) in [5, 5.41) is 2.87. The highest BCUT2D eigenvalue weighted by Crippen LogP contribution is 2.24. The van der Waals surface area contributed by atoms with Crippen LogP contribution in [0.1, 0.15) is 32.3 Å². The van der Waals surface area contributed by atoms with Gasteiger partial charge in [0.2, 0.25) is 5.91 Å². The number of nitrogens with one attached hydrogen (secondary N) is 1. The molecular formula is C15H24N2O3. The summed E-state index contributed by atoms with van der Waals surface area (Å²) in [6.45, 7) is 4.18. The summed E-state index contributed by atoms with van der Waals surface area (Å²) in [6.07, 6.45) is 1.20. The number of benzene rings is 1. The zero-order chi connectivity index (χ0) is 15.2. The van der Waals surface area contributed by atoms with Gasteiger partial charge in [0, 0.05) is 12.1 Å². The Balaban J connectivity index is 2.81. The second-order valence-corrected chi connectivity index (χ2v) is 4.72. The van der Waals surface area contributed by atoms with Gasteiger partial charge in [0.1, 0.15) is 11.5 Å². The lowest BCUT2D eigenvalue weighted by Crippen LogP contribution is -2.52. The first-order valence-corrected chi connectivity index (χ1v) is 6.78. The zero-order valence-corrected chi connectivity index (χ0v) is 12.7. The number of carbonyl (C=O) groups excluding carboxylic acids is 1. The van der Waals surface area contributed by atoms with E-state index in [2.05, 4.69) is 5.32 Å². The smallest absolute Gasteiger partial charge is 0.240 e. The first-order chi connectivity index (χ1) is 9.50. The molecule has 0 aliphatic rings. The molecule has 112 valence electrons. The molecule has 1 rings (SSSR count). The van der Waals surface area contributed by atoms with Crippen molar-refractivity contribution in [3.05, 3.63) is 23.8 Å². The molecule has 0 bridgehead atoms. The van der Waals surface area contributed by atoms with E-state index in [-0.39, 0.29) is 5.91 Å². The SMILES string of the molecule is CCC(N)(CC)C(=O)NCc1cc(OC)ccc1OC. The lowest BCUT2D eigenvalue weighted by molar-refractivity contribution is -0.126. The maximum absolute atomic E-state index is 12.1. The zero-order valence-electron chi connectivity index (χ0n) is 12.7. The molecule has 0 saturated carbocycles. The molecule has 0 fully saturated rings. The van der Waals surface area contributed by atoms with Crippen LogP contribution in [0.4, 0.5) is 0 Å². The van der Waals surface area contributed by atoms with Crippen molar-refractivity contribution in [2.75, 3.05) is 14.2 Å². The number of nitrogens with two attached hydrogens (primary N) is 1. The van der Waals surface area contributed by atoms with Gasteiger partial charge in [-0.3, -0.25) is 4.79 Å². The van der Waals surface area contributed by atoms with Crippen molar-refractivity contribution in [3.63, 3.8) is 0 Å². The molecule has 20 heavy (non-hydrogen) atoms. The first-order valence-electron chi connectivity index (χ1n) is 6.78. The predicted molar refractivity (Wildman–Crippen MR) is 78.9 cm³/mol. The number of rotatable bonds is 7. The number of carbonyl (C=O) groups is 1. The molecule has 0 heterocycles. The van der Waals surface area contributed by atoms with E-state index >= 15 is 0 Å². The average molecular weight is 280 g/mol. The van der Waals surface area contributed by atoms with Gasteiger partial charge in [0.25, 0.3) is 0 Å². The summed E-state index contributed by atoms with van der Waals surface area (Å²) >= 11 is 0. The molecule has 3 N–H and O–H groups in total. The summed E-state index contributed by atoms with van der Waals surface area (Å²) in [6, 6.07) is 5.47. The van der Waals surface area contributed by atoms with Crippen molar-refractivity contribution >= 4 is 5.91 Å². The van der Waals surface area contributed by atoms with Crippen LogP contribution in [-0.4, -0.2) is 25.7 Å². The van der Waals surface area contributed by atoms with Gasteiger partial charge < -0.3 is 20.5 Å². The maximum atomic E-state index is 12.1. The number of amides is 1. The van der Waals surface area contributed by atoms with Crippen LogP contribution in [-0.2, 0) is 11.3 Å². The van der Waals surface area contributed by atoms with E-state index in [1.54, 1.807) is 14.2 Å². The quantitative estimate of drug-likeness (QED) is 0.799. The monoisotopic (exact) mass is 280 g/mol. The van der Waals surface area contributed by atoms with Crippen molar-refractivity contribution in [3.8, 4) is 11.5 Å². The highest BCUT2D eigenvalue weighted by Gasteiger charge is 2.29. The Bertz CT molecular complexity index is 456. The number of hydrogen-bond acceptors (Lipinski definition) is 4. The number of ether oxygens (including phenoxy) is 2. The minimum atomic E-state index is -0.813. The second kappa shape index (κ2) is 7.14. The van der Waals surface area contributed by atoms with Crippen molar-refractivity contribution < 1.29 is 14.3 Å². The molecule has 0 spiro atoms. The summed E-state index contributed by atoms with van der Waals surface area (Å²) in [4.78, 5) is 12.1. The van der Waals surface area contributed by atoms with Gasteiger partial charge in [-0.2, -0.15) is 0 Å². The molecule has 1 amide bonds. The molecule has 5 heteroatoms. The fourth-order valence-corrected chi connectivity index (χ4v) is 1.94. The topological polar surface area (TPSA) is 73.6 Å². The van der Waals surface area contributed by atoms with E-state index < -0.39 is 5.54 Å². The fraction of sp³-hybridized carbons (Fsp3) is 0.533.